The molecule has 73 heavy (non-hydrogen) atoms. The van der Waals surface area contributed by atoms with Crippen LogP contribution in [0.25, 0.3) is 21.5 Å². The molecule has 6 N–H and O–H groups in total. The van der Waals surface area contributed by atoms with Crippen molar-refractivity contribution in [3.63, 3.8) is 0 Å². The number of anilines is 1. The predicted octanol–water partition coefficient (Wildman–Crippen LogP) is 6.70. The van der Waals surface area contributed by atoms with Crippen molar-refractivity contribution in [3.05, 3.63) is 101 Å². The maximum Gasteiger partial charge on any atom is 0.303 e. The number of aryl methyl sites for hydroxylation is 1. The highest BCUT2D eigenvalue weighted by molar-refractivity contribution is 7.87. The van der Waals surface area contributed by atoms with E-state index in [1.807, 2.05) is 0 Å². The fourth-order valence-electron chi connectivity index (χ4n) is 9.39. The van der Waals surface area contributed by atoms with E-state index < -0.39 is 92.7 Å². The number of benzene rings is 4. The van der Waals surface area contributed by atoms with E-state index in [4.69, 9.17) is 14.2 Å². The maximum atomic E-state index is 12.8. The zero-order valence-electron chi connectivity index (χ0n) is 40.3. The number of carboxylic acids is 1. The second-order valence-corrected chi connectivity index (χ2v) is 25.2. The quantitative estimate of drug-likeness (QED) is 0.0205. The summed E-state index contributed by atoms with van der Waals surface area (Å²) in [7, 11) is -23.5. The number of nitrogens with zero attached hydrogens (tertiary/aromatic N) is 1. The number of unbranched alkanes of at least 4 members (excludes halogenated alkanes) is 2. The lowest BCUT2D eigenvalue weighted by atomic mass is 9.70. The van der Waals surface area contributed by atoms with Gasteiger partial charge in [0.25, 0.3) is 50.6 Å². The first kappa shape index (κ1) is 59.2. The number of fused-ring (bicyclic) bond motifs is 4. The fraction of sp³-hybridized carbons (Fsp3) is 0.426. The second kappa shape index (κ2) is 23.1. The molecular weight excluding hydrogens is 1060 g/mol. The lowest BCUT2D eigenvalue weighted by Gasteiger charge is -2.34. The van der Waals surface area contributed by atoms with Crippen molar-refractivity contribution in [2.24, 2.45) is 0 Å². The van der Waals surface area contributed by atoms with Gasteiger partial charge in [-0.05, 0) is 115 Å². The number of carboxylic acid groups (broad SMARTS) is 1. The Morgan fingerprint density at radius 3 is 1.81 bits per heavy atom. The van der Waals surface area contributed by atoms with Crippen molar-refractivity contribution >= 4 is 83.8 Å². The first-order chi connectivity index (χ1) is 33.8. The molecule has 1 heterocycles. The zero-order valence-corrected chi connectivity index (χ0v) is 44.4. The van der Waals surface area contributed by atoms with Crippen molar-refractivity contribution in [1.29, 1.82) is 0 Å². The van der Waals surface area contributed by atoms with Crippen LogP contribution in [0.5, 0.6) is 0 Å². The van der Waals surface area contributed by atoms with Crippen LogP contribution >= 0.6 is 0 Å². The molecule has 0 aromatic heterocycles. The fourth-order valence-corrected chi connectivity index (χ4v) is 12.6. The highest BCUT2D eigenvalue weighted by Crippen LogP contribution is 2.54. The van der Waals surface area contributed by atoms with Crippen LogP contribution in [0.1, 0.15) is 75.5 Å². The van der Waals surface area contributed by atoms with Crippen LogP contribution in [0, 0.1) is 6.92 Å². The summed E-state index contributed by atoms with van der Waals surface area (Å²) in [6.07, 6.45) is 5.54. The Hall–Kier alpha value is -4.68. The molecule has 0 amide bonds. The predicted molar refractivity (Wildman–Crippen MR) is 270 cm³/mol. The van der Waals surface area contributed by atoms with Gasteiger partial charge in [0.05, 0.1) is 42.0 Å². The summed E-state index contributed by atoms with van der Waals surface area (Å²) in [6, 6.07) is 9.13. The van der Waals surface area contributed by atoms with Gasteiger partial charge in [-0.3, -0.25) is 27.6 Å². The van der Waals surface area contributed by atoms with Crippen LogP contribution in [0.4, 0.5) is 5.69 Å². The molecular formula is C47H59NO20S5. The van der Waals surface area contributed by atoms with Gasteiger partial charge in [0.1, 0.15) is 9.79 Å². The Bertz CT molecular complexity index is 3430. The smallest absolute Gasteiger partial charge is 0.303 e. The average molecular weight is 1120 g/mol. The van der Waals surface area contributed by atoms with E-state index in [1.54, 1.807) is 50.0 Å². The van der Waals surface area contributed by atoms with Crippen LogP contribution in [-0.4, -0.2) is 128 Å². The molecule has 402 valence electrons. The summed E-state index contributed by atoms with van der Waals surface area (Å²) in [5.74, 6) is -1.74. The molecule has 0 aliphatic carbocycles. The maximum absolute atomic E-state index is 12.8. The summed E-state index contributed by atoms with van der Waals surface area (Å²) in [4.78, 5) is 9.81. The lowest BCUT2D eigenvalue weighted by molar-refractivity contribution is -0.137. The van der Waals surface area contributed by atoms with Crippen LogP contribution in [0.15, 0.2) is 104 Å². The topological polar surface area (TPSA) is 340 Å². The van der Waals surface area contributed by atoms with Crippen molar-refractivity contribution in [2.45, 2.75) is 96.1 Å². The Balaban J connectivity index is 1.78. The summed E-state index contributed by atoms with van der Waals surface area (Å²) in [5.41, 5.74) is -0.492. The van der Waals surface area contributed by atoms with Gasteiger partial charge in [-0.25, -0.2) is 0 Å². The Kier molecular flexibility index (Phi) is 18.7. The average Bonchev–Trinajstić information content (AvgIpc) is 3.50. The normalized spacial score (nSPS) is 17.2. The van der Waals surface area contributed by atoms with Crippen LogP contribution in [0.2, 0.25) is 0 Å². The molecule has 0 saturated carbocycles. The molecule has 1 aliphatic heterocycles. The standard InChI is InChI=1S/C47H59NO20S5/c1-31-14-15-35-37(27-33(70(54,55)56)29-40(35)72(60,61)62)44(31)46(3,19-21-67-24-25-68-23-22-66-5)32(2)11-9-12-42-47(4,18-10-26-69(51,52)53)45-38-28-34(71(57,58)59)30-41(73(63,64)65)36(38)16-17-39(45)48(42)20-8-6-7-13-43(49)50/h9,11-12,14-17,27-30H,2,6-8,10,13,18-26H2,1,3-5H3,(H,49,50)(H,51,52,53)(H,54,55,56)(H,57,58,59)(H,60,61,62)(H,63,64,65)/b11-9+,42-12+. The van der Waals surface area contributed by atoms with Gasteiger partial charge in [0.2, 0.25) is 0 Å². The number of aliphatic carboxylic acids is 1. The van der Waals surface area contributed by atoms with E-state index in [9.17, 15) is 74.8 Å². The van der Waals surface area contributed by atoms with Crippen molar-refractivity contribution in [1.82, 2.24) is 0 Å². The summed E-state index contributed by atoms with van der Waals surface area (Å²) >= 11 is 0. The van der Waals surface area contributed by atoms with Crippen LogP contribution in [-0.2, 0) is 80.4 Å². The molecule has 0 bridgehead atoms. The summed E-state index contributed by atoms with van der Waals surface area (Å²) in [6.45, 7) is 10.7. The monoisotopic (exact) mass is 1120 g/mol. The molecule has 0 spiro atoms. The molecule has 21 nitrogen and oxygen atoms in total. The molecule has 5 rings (SSSR count). The number of ether oxygens (including phenoxy) is 3. The van der Waals surface area contributed by atoms with Crippen LogP contribution in [0.3, 0.4) is 0 Å². The van der Waals surface area contributed by atoms with Crippen LogP contribution < -0.4 is 4.90 Å². The highest BCUT2D eigenvalue weighted by atomic mass is 32.2. The van der Waals surface area contributed by atoms with E-state index in [1.165, 1.54) is 25.3 Å². The zero-order chi connectivity index (χ0) is 54.5. The molecule has 0 fully saturated rings. The second-order valence-electron chi connectivity index (χ2n) is 18.0. The molecule has 0 saturated heterocycles. The largest absolute Gasteiger partial charge is 0.481 e. The minimum absolute atomic E-state index is 0.0215. The number of methoxy groups -OCH3 is 1. The van der Waals surface area contributed by atoms with E-state index in [-0.39, 0.29) is 79.2 Å². The first-order valence-corrected chi connectivity index (χ1v) is 29.9. The summed E-state index contributed by atoms with van der Waals surface area (Å²) < 4.78 is 193. The minimum atomic E-state index is -5.16. The van der Waals surface area contributed by atoms with E-state index >= 15 is 0 Å². The number of rotatable bonds is 27. The van der Waals surface area contributed by atoms with Crippen molar-refractivity contribution in [3.8, 4) is 0 Å². The van der Waals surface area contributed by atoms with Gasteiger partial charge >= 0.3 is 5.97 Å². The number of hydrogen-bond acceptors (Lipinski definition) is 15. The Morgan fingerprint density at radius 2 is 1.26 bits per heavy atom. The molecule has 4 aromatic rings. The van der Waals surface area contributed by atoms with E-state index in [0.717, 1.165) is 12.1 Å². The van der Waals surface area contributed by atoms with Gasteiger partial charge in [-0.15, -0.1) is 0 Å². The van der Waals surface area contributed by atoms with E-state index in [2.05, 4.69) is 6.58 Å². The number of hydrogen-bond donors (Lipinski definition) is 6. The van der Waals surface area contributed by atoms with Gasteiger partial charge in [-0.2, -0.15) is 42.1 Å². The molecule has 4 aromatic carbocycles. The third-order valence-corrected chi connectivity index (χ3v) is 17.1. The highest BCUT2D eigenvalue weighted by Gasteiger charge is 2.45. The van der Waals surface area contributed by atoms with Crippen molar-refractivity contribution < 1.29 is 89.0 Å². The Morgan fingerprint density at radius 1 is 0.712 bits per heavy atom. The summed E-state index contributed by atoms with van der Waals surface area (Å²) in [5, 5.41) is 9.03. The molecule has 1 aliphatic rings. The van der Waals surface area contributed by atoms with Gasteiger partial charge < -0.3 is 24.2 Å². The van der Waals surface area contributed by atoms with Gasteiger partial charge in [0.15, 0.2) is 0 Å². The van der Waals surface area contributed by atoms with E-state index in [0.29, 0.717) is 72.7 Å². The van der Waals surface area contributed by atoms with Gasteiger partial charge in [0, 0.05) is 59.7 Å². The molecule has 26 heteroatoms. The molecule has 2 atom stereocenters. The third kappa shape index (κ3) is 14.2. The molecule has 0 radical (unpaired) electrons. The Labute approximate surface area is 425 Å². The van der Waals surface area contributed by atoms with Gasteiger partial charge in [-0.1, -0.05) is 50.3 Å². The molecule has 2 unspecified atom stereocenters. The SMILES string of the molecule is C=C(/C=C/C=C1/N(CCCCCC(=O)O)c2ccc3c(S(=O)(=O)O)cc(S(=O)(=O)O)cc3c2C1(C)CCCS(=O)(=O)O)C(C)(CCOCCOCCOC)c1c(C)ccc2c(S(=O)(=O)O)cc(S(=O)(=O)O)cc12. The van der Waals surface area contributed by atoms with Crippen molar-refractivity contribution in [2.75, 3.05) is 57.3 Å². The lowest BCUT2D eigenvalue weighted by Crippen LogP contribution is -2.30. The minimum Gasteiger partial charge on any atom is -0.481 e. The third-order valence-electron chi connectivity index (χ3n) is 12.9. The first-order valence-electron chi connectivity index (χ1n) is 22.5. The number of carbonyl (C=O) groups is 1. The number of allylic oxidation sites excluding steroid dienone is 5.